The second kappa shape index (κ2) is 7.11. The summed E-state index contributed by atoms with van der Waals surface area (Å²) in [6.45, 7) is 4.67. The first kappa shape index (κ1) is 15.4. The summed E-state index contributed by atoms with van der Waals surface area (Å²) in [6, 6.07) is 0.416. The Balaban J connectivity index is 1.98. The summed E-state index contributed by atoms with van der Waals surface area (Å²) in [4.78, 5) is 11.9. The van der Waals surface area contributed by atoms with Gasteiger partial charge in [0.05, 0.1) is 11.9 Å². The second-order valence-electron chi connectivity index (χ2n) is 5.64. The van der Waals surface area contributed by atoms with E-state index in [0.29, 0.717) is 18.3 Å². The lowest BCUT2D eigenvalue weighted by atomic mass is 9.83. The van der Waals surface area contributed by atoms with Crippen molar-refractivity contribution in [1.29, 1.82) is 0 Å². The summed E-state index contributed by atoms with van der Waals surface area (Å²) in [5.41, 5.74) is 0.471. The lowest BCUT2D eigenvalue weighted by Gasteiger charge is -2.29. The van der Waals surface area contributed by atoms with Crippen molar-refractivity contribution in [2.75, 3.05) is 5.32 Å². The van der Waals surface area contributed by atoms with Crippen LogP contribution in [0.1, 0.15) is 52.4 Å². The van der Waals surface area contributed by atoms with Crippen LogP contribution >= 0.6 is 11.6 Å². The van der Waals surface area contributed by atoms with Crippen LogP contribution in [-0.2, 0) is 6.54 Å². The van der Waals surface area contributed by atoms with Gasteiger partial charge in [0.25, 0.3) is 5.56 Å². The summed E-state index contributed by atoms with van der Waals surface area (Å²) in [6.07, 6.45) is 9.11. The fraction of sp³-hybridized carbons (Fsp3) is 0.733. The van der Waals surface area contributed by atoms with Crippen molar-refractivity contribution in [3.8, 4) is 0 Å². The van der Waals surface area contributed by atoms with E-state index in [2.05, 4.69) is 17.3 Å². The standard InChI is InChI=1S/C15H24ClN3O/c1-3-5-11-6-8-12(9-7-11)18-13-10-17-19(4-2)15(20)14(13)16/h10-12,18H,3-9H2,1-2H3. The zero-order valence-corrected chi connectivity index (χ0v) is 13.1. The van der Waals surface area contributed by atoms with Crippen molar-refractivity contribution in [2.24, 2.45) is 5.92 Å². The summed E-state index contributed by atoms with van der Waals surface area (Å²) >= 11 is 6.14. The van der Waals surface area contributed by atoms with Gasteiger partial charge in [0.2, 0.25) is 0 Å². The van der Waals surface area contributed by atoms with E-state index in [9.17, 15) is 4.79 Å². The predicted molar refractivity (Wildman–Crippen MR) is 83.5 cm³/mol. The normalized spacial score (nSPS) is 22.8. The highest BCUT2D eigenvalue weighted by molar-refractivity contribution is 6.32. The molecule has 4 nitrogen and oxygen atoms in total. The Labute approximate surface area is 125 Å². The van der Waals surface area contributed by atoms with E-state index in [-0.39, 0.29) is 10.6 Å². The quantitative estimate of drug-likeness (QED) is 0.901. The Morgan fingerprint density at radius 3 is 2.65 bits per heavy atom. The molecule has 2 rings (SSSR count). The largest absolute Gasteiger partial charge is 0.380 e. The molecule has 0 amide bonds. The van der Waals surface area contributed by atoms with Gasteiger partial charge in [-0.1, -0.05) is 31.4 Å². The van der Waals surface area contributed by atoms with Crippen LogP contribution in [0.15, 0.2) is 11.0 Å². The van der Waals surface area contributed by atoms with E-state index in [1.54, 1.807) is 6.20 Å². The summed E-state index contributed by atoms with van der Waals surface area (Å²) in [5, 5.41) is 7.78. The number of nitrogens with one attached hydrogen (secondary N) is 1. The van der Waals surface area contributed by atoms with Crippen LogP contribution in [-0.4, -0.2) is 15.8 Å². The maximum absolute atomic E-state index is 11.9. The summed E-state index contributed by atoms with van der Waals surface area (Å²) < 4.78 is 1.38. The lowest BCUT2D eigenvalue weighted by Crippen LogP contribution is -2.29. The maximum Gasteiger partial charge on any atom is 0.287 e. The molecule has 1 N–H and O–H groups in total. The molecule has 1 aliphatic carbocycles. The zero-order chi connectivity index (χ0) is 14.5. The van der Waals surface area contributed by atoms with Crippen molar-refractivity contribution in [1.82, 2.24) is 9.78 Å². The molecular formula is C15H24ClN3O. The molecule has 0 radical (unpaired) electrons. The molecule has 1 saturated carbocycles. The number of nitrogens with zero attached hydrogens (tertiary/aromatic N) is 2. The molecule has 1 fully saturated rings. The van der Waals surface area contributed by atoms with Crippen molar-refractivity contribution >= 4 is 17.3 Å². The van der Waals surface area contributed by atoms with E-state index >= 15 is 0 Å². The van der Waals surface area contributed by atoms with Crippen LogP contribution in [0.3, 0.4) is 0 Å². The highest BCUT2D eigenvalue weighted by Gasteiger charge is 2.21. The molecule has 1 aliphatic rings. The van der Waals surface area contributed by atoms with Crippen LogP contribution < -0.4 is 10.9 Å². The smallest absolute Gasteiger partial charge is 0.287 e. The third-order valence-electron chi connectivity index (χ3n) is 4.19. The van der Waals surface area contributed by atoms with Gasteiger partial charge in [-0.05, 0) is 38.5 Å². The molecule has 0 atom stereocenters. The van der Waals surface area contributed by atoms with E-state index < -0.39 is 0 Å². The van der Waals surface area contributed by atoms with Crippen molar-refractivity contribution < 1.29 is 0 Å². The van der Waals surface area contributed by atoms with Gasteiger partial charge >= 0.3 is 0 Å². The molecule has 0 aliphatic heterocycles. The third kappa shape index (κ3) is 3.54. The van der Waals surface area contributed by atoms with E-state index in [0.717, 1.165) is 18.8 Å². The lowest BCUT2D eigenvalue weighted by molar-refractivity contribution is 0.319. The number of anilines is 1. The fourth-order valence-corrected chi connectivity index (χ4v) is 3.22. The van der Waals surface area contributed by atoms with Gasteiger partial charge in [0.15, 0.2) is 0 Å². The highest BCUT2D eigenvalue weighted by Crippen LogP contribution is 2.30. The summed E-state index contributed by atoms with van der Waals surface area (Å²) in [7, 11) is 0. The van der Waals surface area contributed by atoms with Crippen LogP contribution in [0, 0.1) is 5.92 Å². The summed E-state index contributed by atoms with van der Waals surface area (Å²) in [5.74, 6) is 0.875. The van der Waals surface area contributed by atoms with Gasteiger partial charge in [-0.3, -0.25) is 4.79 Å². The van der Waals surface area contributed by atoms with Crippen LogP contribution in [0.2, 0.25) is 5.02 Å². The Morgan fingerprint density at radius 2 is 2.05 bits per heavy atom. The van der Waals surface area contributed by atoms with Gasteiger partial charge < -0.3 is 5.32 Å². The van der Waals surface area contributed by atoms with Crippen molar-refractivity contribution in [3.05, 3.63) is 21.6 Å². The second-order valence-corrected chi connectivity index (χ2v) is 6.02. The zero-order valence-electron chi connectivity index (χ0n) is 12.4. The first-order chi connectivity index (χ1) is 9.65. The minimum Gasteiger partial charge on any atom is -0.380 e. The van der Waals surface area contributed by atoms with Gasteiger partial charge in [-0.2, -0.15) is 5.10 Å². The van der Waals surface area contributed by atoms with Crippen molar-refractivity contribution in [3.63, 3.8) is 0 Å². The number of rotatable bonds is 5. The first-order valence-corrected chi connectivity index (χ1v) is 8.05. The molecule has 0 unspecified atom stereocenters. The molecule has 1 aromatic heterocycles. The number of aryl methyl sites for hydroxylation is 1. The Bertz CT molecular complexity index is 492. The Morgan fingerprint density at radius 1 is 1.35 bits per heavy atom. The van der Waals surface area contributed by atoms with Gasteiger partial charge in [-0.15, -0.1) is 0 Å². The Hall–Kier alpha value is -1.03. The monoisotopic (exact) mass is 297 g/mol. The molecule has 0 aromatic carbocycles. The van der Waals surface area contributed by atoms with Crippen molar-refractivity contribution in [2.45, 2.75) is 65.0 Å². The highest BCUT2D eigenvalue weighted by atomic mass is 35.5. The van der Waals surface area contributed by atoms with Gasteiger partial charge in [0.1, 0.15) is 5.02 Å². The average Bonchev–Trinajstić information content (AvgIpc) is 2.46. The Kier molecular flexibility index (Phi) is 5.46. The van der Waals surface area contributed by atoms with Crippen LogP contribution in [0.25, 0.3) is 0 Å². The third-order valence-corrected chi connectivity index (χ3v) is 4.55. The molecule has 0 spiro atoms. The maximum atomic E-state index is 11.9. The first-order valence-electron chi connectivity index (χ1n) is 7.67. The van der Waals surface area contributed by atoms with E-state index in [4.69, 9.17) is 11.6 Å². The minimum atomic E-state index is -0.209. The van der Waals surface area contributed by atoms with E-state index in [1.165, 1.54) is 30.4 Å². The molecular weight excluding hydrogens is 274 g/mol. The molecule has 1 heterocycles. The molecule has 0 bridgehead atoms. The molecule has 1 aromatic rings. The topological polar surface area (TPSA) is 46.9 Å². The molecule has 0 saturated heterocycles. The van der Waals surface area contributed by atoms with Gasteiger partial charge in [0, 0.05) is 12.6 Å². The molecule has 5 heteroatoms. The predicted octanol–water partition coefficient (Wildman–Crippen LogP) is 3.69. The molecule has 112 valence electrons. The SMILES string of the molecule is CCCC1CCC(Nc2cnn(CC)c(=O)c2Cl)CC1. The number of hydrogen-bond acceptors (Lipinski definition) is 3. The van der Waals surface area contributed by atoms with E-state index in [1.807, 2.05) is 6.92 Å². The van der Waals surface area contributed by atoms with Crippen LogP contribution in [0.5, 0.6) is 0 Å². The molecule has 20 heavy (non-hydrogen) atoms. The van der Waals surface area contributed by atoms with Crippen LogP contribution in [0.4, 0.5) is 5.69 Å². The van der Waals surface area contributed by atoms with Gasteiger partial charge in [-0.25, -0.2) is 4.68 Å². The fourth-order valence-electron chi connectivity index (χ4n) is 3.01. The average molecular weight is 298 g/mol. The minimum absolute atomic E-state index is 0.209. The number of hydrogen-bond donors (Lipinski definition) is 1. The number of aromatic nitrogens is 2. The number of halogens is 1.